The number of hydrogen-bond acceptors (Lipinski definition) is 5. The highest BCUT2D eigenvalue weighted by Gasteiger charge is 2.38. The normalized spacial score (nSPS) is 26.2. The molecule has 3 atom stereocenters. The van der Waals surface area contributed by atoms with Gasteiger partial charge in [-0.1, -0.05) is 31.1 Å². The van der Waals surface area contributed by atoms with Crippen LogP contribution < -0.4 is 10.9 Å². The second-order valence-electron chi connectivity index (χ2n) is 7.09. The highest BCUT2D eigenvalue weighted by atomic mass is 32.1. The maximum absolute atomic E-state index is 12.1. The van der Waals surface area contributed by atoms with Crippen LogP contribution in [-0.2, 0) is 6.42 Å². The molecule has 1 N–H and O–H groups in total. The minimum absolute atomic E-state index is 0.0733. The third kappa shape index (κ3) is 3.01. The number of aromatic nitrogens is 3. The topological polar surface area (TPSA) is 59.3 Å². The molecule has 0 aromatic carbocycles. The van der Waals surface area contributed by atoms with Gasteiger partial charge in [-0.25, -0.2) is 4.98 Å². The molecule has 2 aromatic rings. The molecule has 2 fully saturated rings. The molecule has 0 amide bonds. The molecule has 0 unspecified atom stereocenters. The van der Waals surface area contributed by atoms with Crippen molar-refractivity contribution >= 4 is 21.4 Å². The second-order valence-corrected chi connectivity index (χ2v) is 8.04. The third-order valence-corrected chi connectivity index (χ3v) is 6.35. The van der Waals surface area contributed by atoms with Crippen LogP contribution >= 0.6 is 11.3 Å². The van der Waals surface area contributed by atoms with Crippen LogP contribution in [0.2, 0.25) is 0 Å². The van der Waals surface area contributed by atoms with Crippen LogP contribution in [0.3, 0.4) is 0 Å². The molecule has 2 aliphatic rings. The molecular formula is C17H24N4OS. The van der Waals surface area contributed by atoms with Crippen molar-refractivity contribution in [1.82, 2.24) is 14.6 Å². The molecule has 5 nitrogen and oxygen atoms in total. The van der Waals surface area contributed by atoms with E-state index in [1.54, 1.807) is 6.07 Å². The van der Waals surface area contributed by atoms with Gasteiger partial charge in [0.05, 0.1) is 0 Å². The van der Waals surface area contributed by atoms with E-state index in [0.717, 1.165) is 48.0 Å². The molecular weight excluding hydrogens is 308 g/mol. The third-order valence-electron chi connectivity index (χ3n) is 5.48. The summed E-state index contributed by atoms with van der Waals surface area (Å²) in [5, 5.41) is 8.59. The van der Waals surface area contributed by atoms with Crippen LogP contribution in [0.5, 0.6) is 0 Å². The van der Waals surface area contributed by atoms with E-state index >= 15 is 0 Å². The molecule has 2 bridgehead atoms. The lowest BCUT2D eigenvalue weighted by Crippen LogP contribution is -2.16. The lowest BCUT2D eigenvalue weighted by molar-refractivity contribution is 0.321. The Balaban J connectivity index is 1.41. The van der Waals surface area contributed by atoms with E-state index in [-0.39, 0.29) is 5.56 Å². The standard InChI is InChI=1S/C17H24N4OS/c1-2-3-14-10-15(22)21-17(19-14)23-16(20-21)18-7-6-13-9-11-4-5-12(13)8-11/h10-13H,2-9H2,1H3,(H,18,20)/t11-,12-,13-/m0/s1. The van der Waals surface area contributed by atoms with Crippen LogP contribution in [0.4, 0.5) is 5.13 Å². The molecule has 124 valence electrons. The smallest absolute Gasteiger partial charge is 0.275 e. The van der Waals surface area contributed by atoms with E-state index in [0.29, 0.717) is 4.96 Å². The van der Waals surface area contributed by atoms with Crippen LogP contribution in [-0.4, -0.2) is 21.1 Å². The van der Waals surface area contributed by atoms with Crippen LogP contribution in [0.15, 0.2) is 10.9 Å². The van der Waals surface area contributed by atoms with Gasteiger partial charge >= 0.3 is 0 Å². The van der Waals surface area contributed by atoms with Crippen molar-refractivity contribution < 1.29 is 0 Å². The highest BCUT2D eigenvalue weighted by Crippen LogP contribution is 2.49. The molecule has 2 saturated carbocycles. The highest BCUT2D eigenvalue weighted by molar-refractivity contribution is 7.20. The minimum Gasteiger partial charge on any atom is -0.360 e. The summed E-state index contributed by atoms with van der Waals surface area (Å²) in [5.74, 6) is 2.87. The zero-order valence-electron chi connectivity index (χ0n) is 13.6. The van der Waals surface area contributed by atoms with E-state index in [9.17, 15) is 4.79 Å². The molecule has 4 rings (SSSR count). The Morgan fingerprint density at radius 2 is 2.30 bits per heavy atom. The molecule has 2 aliphatic carbocycles. The number of nitrogens with one attached hydrogen (secondary N) is 1. The van der Waals surface area contributed by atoms with Crippen LogP contribution in [0.25, 0.3) is 4.96 Å². The molecule has 0 radical (unpaired) electrons. The first-order valence-electron chi connectivity index (χ1n) is 8.86. The predicted octanol–water partition coefficient (Wildman–Crippen LogP) is 3.34. The average molecular weight is 332 g/mol. The van der Waals surface area contributed by atoms with E-state index in [2.05, 4.69) is 22.3 Å². The first kappa shape index (κ1) is 15.1. The predicted molar refractivity (Wildman–Crippen MR) is 93.2 cm³/mol. The van der Waals surface area contributed by atoms with Gasteiger partial charge in [-0.15, -0.1) is 5.10 Å². The van der Waals surface area contributed by atoms with Crippen molar-refractivity contribution in [2.24, 2.45) is 17.8 Å². The minimum atomic E-state index is -0.0733. The summed E-state index contributed by atoms with van der Waals surface area (Å²) in [6.45, 7) is 3.04. The van der Waals surface area contributed by atoms with Crippen molar-refractivity contribution in [2.45, 2.75) is 51.9 Å². The summed E-state index contributed by atoms with van der Waals surface area (Å²) in [6.07, 6.45) is 8.85. The van der Waals surface area contributed by atoms with Gasteiger partial charge in [0.25, 0.3) is 5.56 Å². The van der Waals surface area contributed by atoms with E-state index in [1.807, 2.05) is 0 Å². The Morgan fingerprint density at radius 1 is 1.39 bits per heavy atom. The Hall–Kier alpha value is -1.43. The zero-order valence-corrected chi connectivity index (χ0v) is 14.4. The lowest BCUT2D eigenvalue weighted by atomic mass is 9.86. The quantitative estimate of drug-likeness (QED) is 0.881. The first-order valence-corrected chi connectivity index (χ1v) is 9.68. The summed E-state index contributed by atoms with van der Waals surface area (Å²) in [6, 6.07) is 1.61. The zero-order chi connectivity index (χ0) is 15.8. The Kier molecular flexibility index (Phi) is 4.09. The fourth-order valence-electron chi connectivity index (χ4n) is 4.41. The maximum atomic E-state index is 12.1. The number of rotatable bonds is 6. The van der Waals surface area contributed by atoms with Gasteiger partial charge in [0.2, 0.25) is 10.1 Å². The monoisotopic (exact) mass is 332 g/mol. The molecule has 0 spiro atoms. The lowest BCUT2D eigenvalue weighted by Gasteiger charge is -2.21. The molecule has 0 aliphatic heterocycles. The summed E-state index contributed by atoms with van der Waals surface area (Å²) < 4.78 is 1.42. The van der Waals surface area contributed by atoms with E-state index in [4.69, 9.17) is 0 Å². The van der Waals surface area contributed by atoms with Gasteiger partial charge in [0, 0.05) is 18.3 Å². The van der Waals surface area contributed by atoms with Gasteiger partial charge in [0.1, 0.15) is 0 Å². The van der Waals surface area contributed by atoms with E-state index in [1.165, 1.54) is 48.0 Å². The maximum Gasteiger partial charge on any atom is 0.275 e. The first-order chi connectivity index (χ1) is 11.2. The number of anilines is 1. The number of hydrogen-bond donors (Lipinski definition) is 1. The van der Waals surface area contributed by atoms with Crippen LogP contribution in [0, 0.1) is 17.8 Å². The molecule has 6 heteroatoms. The summed E-state index contributed by atoms with van der Waals surface area (Å²) in [5.41, 5.74) is 0.797. The van der Waals surface area contributed by atoms with Gasteiger partial charge in [0.15, 0.2) is 0 Å². The number of aryl methyl sites for hydroxylation is 1. The summed E-state index contributed by atoms with van der Waals surface area (Å²) in [7, 11) is 0. The number of fused-ring (bicyclic) bond motifs is 3. The Labute approximate surface area is 140 Å². The number of nitrogens with zero attached hydrogens (tertiary/aromatic N) is 3. The van der Waals surface area contributed by atoms with Gasteiger partial charge in [-0.3, -0.25) is 4.79 Å². The Bertz CT molecular complexity index is 753. The molecule has 23 heavy (non-hydrogen) atoms. The van der Waals surface area contributed by atoms with Gasteiger partial charge in [-0.05, 0) is 49.9 Å². The van der Waals surface area contributed by atoms with Crippen molar-refractivity contribution in [3.8, 4) is 0 Å². The van der Waals surface area contributed by atoms with Gasteiger partial charge < -0.3 is 5.32 Å². The molecule has 2 heterocycles. The largest absolute Gasteiger partial charge is 0.360 e. The molecule has 0 saturated heterocycles. The van der Waals surface area contributed by atoms with E-state index < -0.39 is 0 Å². The summed E-state index contributed by atoms with van der Waals surface area (Å²) in [4.78, 5) is 17.3. The van der Waals surface area contributed by atoms with Crippen molar-refractivity contribution in [1.29, 1.82) is 0 Å². The fourth-order valence-corrected chi connectivity index (χ4v) is 5.26. The average Bonchev–Trinajstić information content (AvgIpc) is 3.22. The van der Waals surface area contributed by atoms with Crippen molar-refractivity contribution in [3.05, 3.63) is 22.1 Å². The fraction of sp³-hybridized carbons (Fsp3) is 0.706. The van der Waals surface area contributed by atoms with Crippen molar-refractivity contribution in [3.63, 3.8) is 0 Å². The molecule has 2 aromatic heterocycles. The summed E-state index contributed by atoms with van der Waals surface area (Å²) >= 11 is 1.48. The van der Waals surface area contributed by atoms with Crippen LogP contribution in [0.1, 0.15) is 51.1 Å². The SMILES string of the molecule is CCCc1cc(=O)n2nc(NCC[C@H]3C[C@H]4CC[C@H]3C4)sc2n1. The van der Waals surface area contributed by atoms with Gasteiger partial charge in [-0.2, -0.15) is 4.52 Å². The Morgan fingerprint density at radius 3 is 3.04 bits per heavy atom. The second kappa shape index (κ2) is 6.23. The van der Waals surface area contributed by atoms with Crippen molar-refractivity contribution in [2.75, 3.05) is 11.9 Å².